The molecule has 6 heteroatoms. The number of hydrogen-bond acceptors (Lipinski definition) is 3. The van der Waals surface area contributed by atoms with Gasteiger partial charge >= 0.3 is 0 Å². The van der Waals surface area contributed by atoms with Gasteiger partial charge in [0.05, 0.1) is 6.21 Å². The largest absolute Gasteiger partial charge is 0.331 e. The lowest BCUT2D eigenvalue weighted by atomic mass is 10.0. The molecular formula is C19H22N4OS. The fourth-order valence-electron chi connectivity index (χ4n) is 2.13. The van der Waals surface area contributed by atoms with Crippen LogP contribution in [0.25, 0.3) is 0 Å². The monoisotopic (exact) mass is 354 g/mol. The normalized spacial score (nSPS) is 10.7. The summed E-state index contributed by atoms with van der Waals surface area (Å²) < 4.78 is 0. The van der Waals surface area contributed by atoms with Crippen molar-refractivity contribution < 1.29 is 4.79 Å². The number of rotatable bonds is 5. The van der Waals surface area contributed by atoms with E-state index in [9.17, 15) is 4.79 Å². The molecule has 130 valence electrons. The molecule has 2 rings (SSSR count). The lowest BCUT2D eigenvalue weighted by Gasteiger charge is -2.09. The quantitative estimate of drug-likeness (QED) is 0.430. The molecule has 0 aliphatic heterocycles. The van der Waals surface area contributed by atoms with Gasteiger partial charge in [-0.15, -0.1) is 0 Å². The summed E-state index contributed by atoms with van der Waals surface area (Å²) in [5, 5.41) is 10.3. The number of hydrogen-bond donors (Lipinski definition) is 3. The van der Waals surface area contributed by atoms with Gasteiger partial charge in [0, 0.05) is 18.3 Å². The molecule has 2 aromatic carbocycles. The third-order valence-electron chi connectivity index (χ3n) is 3.45. The van der Waals surface area contributed by atoms with Crippen molar-refractivity contribution >= 4 is 40.8 Å². The van der Waals surface area contributed by atoms with E-state index in [1.165, 1.54) is 12.5 Å². The predicted molar refractivity (Wildman–Crippen MR) is 108 cm³/mol. The zero-order chi connectivity index (χ0) is 18.2. The first kappa shape index (κ1) is 18.6. The van der Waals surface area contributed by atoms with Crippen molar-refractivity contribution in [3.05, 3.63) is 59.7 Å². The maximum Gasteiger partial charge on any atom is 0.221 e. The highest BCUT2D eigenvalue weighted by Gasteiger charge is 2.00. The van der Waals surface area contributed by atoms with Gasteiger partial charge in [0.15, 0.2) is 5.11 Å². The number of anilines is 2. The Morgan fingerprint density at radius 3 is 2.12 bits per heavy atom. The second-order valence-corrected chi connectivity index (χ2v) is 6.31. The van der Waals surface area contributed by atoms with E-state index < -0.39 is 0 Å². The van der Waals surface area contributed by atoms with Crippen molar-refractivity contribution in [3.63, 3.8) is 0 Å². The second kappa shape index (κ2) is 8.94. The SMILES string of the molecule is CC(=O)Nc1ccc(/C=N/NC(=S)Nc2ccc(C(C)C)cc2)cc1. The molecular weight excluding hydrogens is 332 g/mol. The third-order valence-corrected chi connectivity index (χ3v) is 3.64. The van der Waals surface area contributed by atoms with Crippen molar-refractivity contribution in [3.8, 4) is 0 Å². The van der Waals surface area contributed by atoms with Crippen molar-refractivity contribution in [2.45, 2.75) is 26.7 Å². The third kappa shape index (κ3) is 6.35. The summed E-state index contributed by atoms with van der Waals surface area (Å²) in [6, 6.07) is 15.5. The molecule has 0 radical (unpaired) electrons. The zero-order valence-corrected chi connectivity index (χ0v) is 15.4. The van der Waals surface area contributed by atoms with E-state index in [1.54, 1.807) is 6.21 Å². The van der Waals surface area contributed by atoms with Crippen molar-refractivity contribution in [1.82, 2.24) is 5.43 Å². The van der Waals surface area contributed by atoms with Gasteiger partial charge < -0.3 is 10.6 Å². The average molecular weight is 354 g/mol. The molecule has 0 aromatic heterocycles. The molecule has 0 unspecified atom stereocenters. The molecule has 0 bridgehead atoms. The summed E-state index contributed by atoms with van der Waals surface area (Å²) in [6.45, 7) is 5.79. The number of nitrogens with one attached hydrogen (secondary N) is 3. The average Bonchev–Trinajstić information content (AvgIpc) is 2.56. The minimum atomic E-state index is -0.0964. The molecule has 0 saturated carbocycles. The Balaban J connectivity index is 1.84. The van der Waals surface area contributed by atoms with Crippen LogP contribution in [0.5, 0.6) is 0 Å². The van der Waals surface area contributed by atoms with E-state index in [1.807, 2.05) is 36.4 Å². The van der Waals surface area contributed by atoms with Crippen molar-refractivity contribution in [1.29, 1.82) is 0 Å². The van der Waals surface area contributed by atoms with Crippen LogP contribution in [0.1, 0.15) is 37.8 Å². The smallest absolute Gasteiger partial charge is 0.221 e. The van der Waals surface area contributed by atoms with Gasteiger partial charge in [-0.25, -0.2) is 0 Å². The number of carbonyl (C=O) groups is 1. The van der Waals surface area contributed by atoms with E-state index in [0.29, 0.717) is 11.0 Å². The number of amides is 1. The highest BCUT2D eigenvalue weighted by Crippen LogP contribution is 2.17. The highest BCUT2D eigenvalue weighted by atomic mass is 32.1. The molecule has 0 fully saturated rings. The van der Waals surface area contributed by atoms with Crippen LogP contribution in [-0.4, -0.2) is 17.2 Å². The molecule has 2 aromatic rings. The van der Waals surface area contributed by atoms with Gasteiger partial charge in [-0.2, -0.15) is 5.10 Å². The first-order valence-corrected chi connectivity index (χ1v) is 8.42. The molecule has 0 aliphatic carbocycles. The molecule has 25 heavy (non-hydrogen) atoms. The Morgan fingerprint density at radius 1 is 1.00 bits per heavy atom. The summed E-state index contributed by atoms with van der Waals surface area (Å²) in [5.41, 5.74) is 6.62. The number of benzene rings is 2. The summed E-state index contributed by atoms with van der Waals surface area (Å²) in [4.78, 5) is 11.0. The first-order chi connectivity index (χ1) is 11.9. The number of thiocarbonyl (C=S) groups is 1. The van der Waals surface area contributed by atoms with Crippen LogP contribution in [0.15, 0.2) is 53.6 Å². The Morgan fingerprint density at radius 2 is 1.56 bits per heavy atom. The molecule has 1 amide bonds. The summed E-state index contributed by atoms with van der Waals surface area (Å²) in [6.07, 6.45) is 1.66. The van der Waals surface area contributed by atoms with Gasteiger partial charge in [0.2, 0.25) is 5.91 Å². The van der Waals surface area contributed by atoms with Gasteiger partial charge in [-0.3, -0.25) is 10.2 Å². The fourth-order valence-corrected chi connectivity index (χ4v) is 2.30. The number of nitrogens with zero attached hydrogens (tertiary/aromatic N) is 1. The predicted octanol–water partition coefficient (Wildman–Crippen LogP) is 4.09. The maximum atomic E-state index is 11.0. The highest BCUT2D eigenvalue weighted by molar-refractivity contribution is 7.80. The van der Waals surface area contributed by atoms with E-state index in [0.717, 1.165) is 16.9 Å². The van der Waals surface area contributed by atoms with Gasteiger partial charge in [-0.05, 0) is 53.5 Å². The molecule has 0 spiro atoms. The molecule has 0 heterocycles. The minimum absolute atomic E-state index is 0.0964. The van der Waals surface area contributed by atoms with Crippen LogP contribution in [-0.2, 0) is 4.79 Å². The van der Waals surface area contributed by atoms with Gasteiger partial charge in [-0.1, -0.05) is 38.1 Å². The Hall–Kier alpha value is -2.73. The fraction of sp³-hybridized carbons (Fsp3) is 0.211. The molecule has 0 saturated heterocycles. The Labute approximate surface area is 153 Å². The zero-order valence-electron chi connectivity index (χ0n) is 14.5. The summed E-state index contributed by atoms with van der Waals surface area (Å²) in [7, 11) is 0. The lowest BCUT2D eigenvalue weighted by Crippen LogP contribution is -2.23. The summed E-state index contributed by atoms with van der Waals surface area (Å²) in [5.74, 6) is 0.404. The summed E-state index contributed by atoms with van der Waals surface area (Å²) >= 11 is 5.22. The van der Waals surface area contributed by atoms with Crippen molar-refractivity contribution in [2.75, 3.05) is 10.6 Å². The van der Waals surface area contributed by atoms with Crippen molar-refractivity contribution in [2.24, 2.45) is 5.10 Å². The van der Waals surface area contributed by atoms with Gasteiger partial charge in [0.25, 0.3) is 0 Å². The lowest BCUT2D eigenvalue weighted by molar-refractivity contribution is -0.114. The van der Waals surface area contributed by atoms with E-state index >= 15 is 0 Å². The van der Waals surface area contributed by atoms with E-state index in [2.05, 4.69) is 47.1 Å². The Bertz CT molecular complexity index is 752. The topological polar surface area (TPSA) is 65.5 Å². The Kier molecular flexibility index (Phi) is 6.65. The van der Waals surface area contributed by atoms with E-state index in [4.69, 9.17) is 12.2 Å². The second-order valence-electron chi connectivity index (χ2n) is 5.90. The van der Waals surface area contributed by atoms with Crippen LogP contribution in [0, 0.1) is 0 Å². The standard InChI is InChI=1S/C19H22N4OS/c1-13(2)16-6-10-18(11-7-16)22-19(25)23-20-12-15-4-8-17(9-5-15)21-14(3)24/h4-13H,1-3H3,(H,21,24)(H2,22,23,25)/b20-12+. The first-order valence-electron chi connectivity index (χ1n) is 8.01. The minimum Gasteiger partial charge on any atom is -0.331 e. The number of carbonyl (C=O) groups excluding carboxylic acids is 1. The van der Waals surface area contributed by atoms with E-state index in [-0.39, 0.29) is 5.91 Å². The molecule has 5 nitrogen and oxygen atoms in total. The van der Waals surface area contributed by atoms with Crippen LogP contribution >= 0.6 is 12.2 Å². The molecule has 0 aliphatic rings. The van der Waals surface area contributed by atoms with Crippen LogP contribution in [0.3, 0.4) is 0 Å². The van der Waals surface area contributed by atoms with Crippen LogP contribution in [0.4, 0.5) is 11.4 Å². The van der Waals surface area contributed by atoms with Crippen LogP contribution < -0.4 is 16.1 Å². The molecule has 0 atom stereocenters. The van der Waals surface area contributed by atoms with Crippen LogP contribution in [0.2, 0.25) is 0 Å². The maximum absolute atomic E-state index is 11.0. The number of hydrazone groups is 1. The van der Waals surface area contributed by atoms with Gasteiger partial charge in [0.1, 0.15) is 0 Å². The molecule has 3 N–H and O–H groups in total.